The molecule has 6 heteroatoms. The van der Waals surface area contributed by atoms with E-state index in [1.54, 1.807) is 4.90 Å². The monoisotopic (exact) mass is 337 g/mol. The highest BCUT2D eigenvalue weighted by molar-refractivity contribution is 5.88. The molecule has 0 aromatic heterocycles. The summed E-state index contributed by atoms with van der Waals surface area (Å²) in [6.07, 6.45) is 4.01. The predicted molar refractivity (Wildman–Crippen MR) is 91.1 cm³/mol. The standard InChI is InChI=1S/C17H23N3O2.ClH/c18-14(12-5-2-1-3-6-12)11-16(21)20-10-4-7-15(20)17(22)19-13-8-9-13;/h1-3,5-6,13-15H,4,7-11,18H2,(H,19,22);1H. The lowest BCUT2D eigenvalue weighted by Gasteiger charge is -2.25. The third-order valence-electron chi connectivity index (χ3n) is 4.42. The zero-order chi connectivity index (χ0) is 15.5. The summed E-state index contributed by atoms with van der Waals surface area (Å²) >= 11 is 0. The van der Waals surface area contributed by atoms with E-state index < -0.39 is 0 Å². The summed E-state index contributed by atoms with van der Waals surface area (Å²) in [6, 6.07) is 9.33. The lowest BCUT2D eigenvalue weighted by atomic mass is 10.0. The number of rotatable bonds is 5. The number of benzene rings is 1. The van der Waals surface area contributed by atoms with Gasteiger partial charge in [-0.1, -0.05) is 30.3 Å². The zero-order valence-electron chi connectivity index (χ0n) is 13.1. The smallest absolute Gasteiger partial charge is 0.243 e. The van der Waals surface area contributed by atoms with Crippen molar-refractivity contribution in [2.24, 2.45) is 5.73 Å². The molecule has 1 saturated carbocycles. The Morgan fingerprint density at radius 2 is 1.91 bits per heavy atom. The fourth-order valence-electron chi connectivity index (χ4n) is 2.99. The molecule has 1 aliphatic carbocycles. The Morgan fingerprint density at radius 1 is 1.22 bits per heavy atom. The molecule has 2 unspecified atom stereocenters. The molecule has 23 heavy (non-hydrogen) atoms. The van der Waals surface area contributed by atoms with Gasteiger partial charge in [-0.2, -0.15) is 0 Å². The molecule has 0 radical (unpaired) electrons. The van der Waals surface area contributed by atoms with E-state index in [4.69, 9.17) is 5.73 Å². The van der Waals surface area contributed by atoms with Gasteiger partial charge in [0.05, 0.1) is 0 Å². The maximum atomic E-state index is 12.5. The lowest BCUT2D eigenvalue weighted by molar-refractivity contribution is -0.138. The van der Waals surface area contributed by atoms with Crippen molar-refractivity contribution >= 4 is 24.2 Å². The number of hydrogen-bond donors (Lipinski definition) is 2. The minimum absolute atomic E-state index is 0. The van der Waals surface area contributed by atoms with Gasteiger partial charge in [0, 0.05) is 25.0 Å². The Balaban J connectivity index is 0.00000192. The SMILES string of the molecule is Cl.NC(CC(=O)N1CCCC1C(=O)NC1CC1)c1ccccc1. The van der Waals surface area contributed by atoms with Crippen molar-refractivity contribution in [2.75, 3.05) is 6.54 Å². The van der Waals surface area contributed by atoms with Gasteiger partial charge < -0.3 is 16.0 Å². The molecule has 5 nitrogen and oxygen atoms in total. The second-order valence-corrected chi connectivity index (χ2v) is 6.25. The molecule has 3 rings (SSSR count). The molecule has 0 bridgehead atoms. The normalized spacial score (nSPS) is 21.4. The van der Waals surface area contributed by atoms with E-state index in [0.717, 1.165) is 31.2 Å². The highest BCUT2D eigenvalue weighted by Gasteiger charge is 2.36. The predicted octanol–water partition coefficient (Wildman–Crippen LogP) is 1.77. The number of likely N-dealkylation sites (tertiary alicyclic amines) is 1. The van der Waals surface area contributed by atoms with Crippen LogP contribution in [-0.4, -0.2) is 35.3 Å². The van der Waals surface area contributed by atoms with Crippen LogP contribution in [0.5, 0.6) is 0 Å². The van der Waals surface area contributed by atoms with E-state index >= 15 is 0 Å². The number of amides is 2. The van der Waals surface area contributed by atoms with Gasteiger partial charge in [0.25, 0.3) is 0 Å². The van der Waals surface area contributed by atoms with E-state index in [-0.39, 0.29) is 42.7 Å². The molecule has 3 N–H and O–H groups in total. The first-order valence-corrected chi connectivity index (χ1v) is 8.05. The Bertz CT molecular complexity index is 548. The summed E-state index contributed by atoms with van der Waals surface area (Å²) in [5.41, 5.74) is 7.08. The fraction of sp³-hybridized carbons (Fsp3) is 0.529. The Hall–Kier alpha value is -1.59. The lowest BCUT2D eigenvalue weighted by Crippen LogP contribution is -2.47. The van der Waals surface area contributed by atoms with Gasteiger partial charge in [0.15, 0.2) is 0 Å². The number of carbonyl (C=O) groups excluding carboxylic acids is 2. The van der Waals surface area contributed by atoms with Crippen molar-refractivity contribution in [3.63, 3.8) is 0 Å². The molecule has 1 aromatic carbocycles. The van der Waals surface area contributed by atoms with Gasteiger partial charge in [-0.05, 0) is 31.2 Å². The Morgan fingerprint density at radius 3 is 2.57 bits per heavy atom. The molecule has 126 valence electrons. The van der Waals surface area contributed by atoms with Gasteiger partial charge in [-0.3, -0.25) is 9.59 Å². The van der Waals surface area contributed by atoms with Crippen LogP contribution in [0.2, 0.25) is 0 Å². The van der Waals surface area contributed by atoms with Crippen LogP contribution in [0.3, 0.4) is 0 Å². The Labute approximate surface area is 143 Å². The average molecular weight is 338 g/mol. The van der Waals surface area contributed by atoms with E-state index in [2.05, 4.69) is 5.32 Å². The highest BCUT2D eigenvalue weighted by atomic mass is 35.5. The molecule has 2 atom stereocenters. The minimum atomic E-state index is -0.318. The van der Waals surface area contributed by atoms with Gasteiger partial charge in [0.1, 0.15) is 6.04 Å². The van der Waals surface area contributed by atoms with E-state index in [9.17, 15) is 9.59 Å². The Kier molecular flexibility index (Phi) is 6.02. The van der Waals surface area contributed by atoms with Crippen LogP contribution in [0.15, 0.2) is 30.3 Å². The van der Waals surface area contributed by atoms with Crippen molar-refractivity contribution in [3.8, 4) is 0 Å². The molecule has 2 fully saturated rings. The topological polar surface area (TPSA) is 75.4 Å². The largest absolute Gasteiger partial charge is 0.352 e. The van der Waals surface area contributed by atoms with Gasteiger partial charge in [-0.15, -0.1) is 12.4 Å². The molecule has 1 aliphatic heterocycles. The molecule has 0 spiro atoms. The first-order chi connectivity index (χ1) is 10.6. The first-order valence-electron chi connectivity index (χ1n) is 8.05. The van der Waals surface area contributed by atoms with Crippen LogP contribution in [0.1, 0.15) is 43.7 Å². The average Bonchev–Trinajstić information content (AvgIpc) is 3.19. The molecule has 1 saturated heterocycles. The van der Waals surface area contributed by atoms with Gasteiger partial charge in [0.2, 0.25) is 11.8 Å². The minimum Gasteiger partial charge on any atom is -0.352 e. The summed E-state index contributed by atoms with van der Waals surface area (Å²) < 4.78 is 0. The van der Waals surface area contributed by atoms with E-state index in [0.29, 0.717) is 12.6 Å². The second-order valence-electron chi connectivity index (χ2n) is 6.25. The molecule has 1 heterocycles. The van der Waals surface area contributed by atoms with Crippen molar-refractivity contribution in [1.82, 2.24) is 10.2 Å². The van der Waals surface area contributed by atoms with Crippen molar-refractivity contribution in [1.29, 1.82) is 0 Å². The molecule has 2 aliphatic rings. The van der Waals surface area contributed by atoms with Crippen molar-refractivity contribution in [3.05, 3.63) is 35.9 Å². The number of halogens is 1. The van der Waals surface area contributed by atoms with Crippen LogP contribution in [0.25, 0.3) is 0 Å². The first kappa shape index (κ1) is 17.8. The van der Waals surface area contributed by atoms with Crippen molar-refractivity contribution in [2.45, 2.75) is 50.2 Å². The van der Waals surface area contributed by atoms with Gasteiger partial charge in [-0.25, -0.2) is 0 Å². The summed E-state index contributed by atoms with van der Waals surface area (Å²) in [7, 11) is 0. The summed E-state index contributed by atoms with van der Waals surface area (Å²) in [5, 5.41) is 3.00. The molecular weight excluding hydrogens is 314 g/mol. The van der Waals surface area contributed by atoms with Gasteiger partial charge >= 0.3 is 0 Å². The summed E-state index contributed by atoms with van der Waals surface area (Å²) in [6.45, 7) is 0.656. The summed E-state index contributed by atoms with van der Waals surface area (Å²) in [5.74, 6) is -0.0218. The molecule has 1 aromatic rings. The number of carbonyl (C=O) groups is 2. The third kappa shape index (κ3) is 4.45. The van der Waals surface area contributed by atoms with E-state index in [1.165, 1.54) is 0 Å². The quantitative estimate of drug-likeness (QED) is 0.859. The maximum absolute atomic E-state index is 12.5. The molecular formula is C17H24ClN3O2. The van der Waals surface area contributed by atoms with Crippen LogP contribution >= 0.6 is 12.4 Å². The second kappa shape index (κ2) is 7.79. The number of hydrogen-bond acceptors (Lipinski definition) is 3. The number of nitrogens with two attached hydrogens (primary N) is 1. The maximum Gasteiger partial charge on any atom is 0.243 e. The third-order valence-corrected chi connectivity index (χ3v) is 4.42. The van der Waals surface area contributed by atoms with E-state index in [1.807, 2.05) is 30.3 Å². The van der Waals surface area contributed by atoms with Crippen LogP contribution in [-0.2, 0) is 9.59 Å². The summed E-state index contributed by atoms with van der Waals surface area (Å²) in [4.78, 5) is 26.5. The molecule has 2 amide bonds. The van der Waals surface area contributed by atoms with Crippen LogP contribution in [0, 0.1) is 0 Å². The van der Waals surface area contributed by atoms with Crippen LogP contribution in [0.4, 0.5) is 0 Å². The fourth-order valence-corrected chi connectivity index (χ4v) is 2.99. The van der Waals surface area contributed by atoms with Crippen molar-refractivity contribution < 1.29 is 9.59 Å². The highest BCUT2D eigenvalue weighted by Crippen LogP contribution is 2.24. The number of nitrogens with one attached hydrogen (secondary N) is 1. The number of nitrogens with zero attached hydrogens (tertiary/aromatic N) is 1. The zero-order valence-corrected chi connectivity index (χ0v) is 13.9. The van der Waals surface area contributed by atoms with Crippen LogP contribution < -0.4 is 11.1 Å².